The average Bonchev–Trinajstić information content (AvgIpc) is 2.62. The lowest BCUT2D eigenvalue weighted by Crippen LogP contribution is -2.29. The number of amides is 2. The molecule has 0 saturated carbocycles. The number of carbonyl (C=O) groups is 1. The number of thiol groups is 1. The Morgan fingerprint density at radius 3 is 2.75 bits per heavy atom. The summed E-state index contributed by atoms with van der Waals surface area (Å²) in [6.07, 6.45) is 0. The molecule has 0 bridgehead atoms. The average molecular weight is 257 g/mol. The van der Waals surface area contributed by atoms with Gasteiger partial charge in [-0.3, -0.25) is 0 Å². The van der Waals surface area contributed by atoms with Gasteiger partial charge in [0.25, 0.3) is 0 Å². The lowest BCUT2D eigenvalue weighted by Gasteiger charge is -2.12. The van der Waals surface area contributed by atoms with E-state index in [9.17, 15) is 4.79 Å². The third kappa shape index (κ3) is 2.44. The fourth-order valence-electron chi connectivity index (χ4n) is 1.79. The van der Waals surface area contributed by atoms with Crippen LogP contribution in [0.15, 0.2) is 24.3 Å². The van der Waals surface area contributed by atoms with Crippen LogP contribution < -0.4 is 5.32 Å². The van der Waals surface area contributed by atoms with E-state index < -0.39 is 0 Å². The van der Waals surface area contributed by atoms with Crippen molar-refractivity contribution in [1.82, 2.24) is 10.2 Å². The second kappa shape index (κ2) is 4.97. The van der Waals surface area contributed by atoms with E-state index in [0.717, 1.165) is 5.56 Å². The summed E-state index contributed by atoms with van der Waals surface area (Å²) in [6.45, 7) is 1.38. The zero-order chi connectivity index (χ0) is 11.5. The van der Waals surface area contributed by atoms with E-state index in [4.69, 9.17) is 11.6 Å². The molecule has 1 heterocycles. The van der Waals surface area contributed by atoms with E-state index in [-0.39, 0.29) is 12.1 Å². The molecular formula is C11H13ClN2OS. The lowest BCUT2D eigenvalue weighted by molar-refractivity contribution is 0.220. The number of rotatable bonds is 3. The number of hydrogen-bond acceptors (Lipinski definition) is 2. The molecule has 1 atom stereocenters. The Bertz CT molecular complexity index is 382. The summed E-state index contributed by atoms with van der Waals surface area (Å²) < 4.78 is 0. The highest BCUT2D eigenvalue weighted by Crippen LogP contribution is 2.21. The summed E-state index contributed by atoms with van der Waals surface area (Å²) in [6, 6.07) is 7.60. The van der Waals surface area contributed by atoms with Crippen LogP contribution in [-0.2, 0) is 0 Å². The minimum atomic E-state index is -0.0194. The van der Waals surface area contributed by atoms with E-state index >= 15 is 0 Å². The standard InChI is InChI=1S/C11H13ClN2OS/c12-9-3-1-8(2-4-9)10-7-14(5-6-16)11(15)13-10/h1-4,10,16H,5-7H2,(H,13,15). The molecule has 1 aromatic carbocycles. The third-order valence-corrected chi connectivity index (χ3v) is 3.08. The maximum Gasteiger partial charge on any atom is 0.318 e. The van der Waals surface area contributed by atoms with Crippen LogP contribution in [0.25, 0.3) is 0 Å². The molecule has 1 N–H and O–H groups in total. The smallest absolute Gasteiger partial charge is 0.318 e. The van der Waals surface area contributed by atoms with Crippen LogP contribution in [0.2, 0.25) is 5.02 Å². The van der Waals surface area contributed by atoms with Crippen molar-refractivity contribution >= 4 is 30.3 Å². The minimum Gasteiger partial charge on any atom is -0.329 e. The Morgan fingerprint density at radius 1 is 1.44 bits per heavy atom. The molecule has 1 aliphatic rings. The van der Waals surface area contributed by atoms with Crippen LogP contribution in [0.3, 0.4) is 0 Å². The van der Waals surface area contributed by atoms with Crippen molar-refractivity contribution < 1.29 is 4.79 Å². The molecule has 5 heteroatoms. The first-order chi connectivity index (χ1) is 7.70. The van der Waals surface area contributed by atoms with Crippen LogP contribution in [0, 0.1) is 0 Å². The van der Waals surface area contributed by atoms with Gasteiger partial charge in [-0.15, -0.1) is 0 Å². The summed E-state index contributed by atoms with van der Waals surface area (Å²) in [5.41, 5.74) is 1.08. The number of hydrogen-bond donors (Lipinski definition) is 2. The summed E-state index contributed by atoms with van der Waals surface area (Å²) in [5, 5.41) is 3.64. The quantitative estimate of drug-likeness (QED) is 0.800. The van der Waals surface area contributed by atoms with Crippen molar-refractivity contribution in [2.45, 2.75) is 6.04 Å². The number of benzene rings is 1. The zero-order valence-corrected chi connectivity index (χ0v) is 10.3. The van der Waals surface area contributed by atoms with Gasteiger partial charge >= 0.3 is 6.03 Å². The maximum absolute atomic E-state index is 11.6. The summed E-state index contributed by atoms with van der Waals surface area (Å²) in [5.74, 6) is 0.681. The summed E-state index contributed by atoms with van der Waals surface area (Å²) in [4.78, 5) is 13.3. The van der Waals surface area contributed by atoms with Crippen LogP contribution in [0.1, 0.15) is 11.6 Å². The SMILES string of the molecule is O=C1NC(c2ccc(Cl)cc2)CN1CCS. The number of carbonyl (C=O) groups excluding carboxylic acids is 1. The third-order valence-electron chi connectivity index (χ3n) is 2.63. The minimum absolute atomic E-state index is 0.0194. The number of urea groups is 1. The highest BCUT2D eigenvalue weighted by molar-refractivity contribution is 7.80. The molecule has 0 aromatic heterocycles. The molecule has 1 aliphatic heterocycles. The fourth-order valence-corrected chi connectivity index (χ4v) is 2.15. The van der Waals surface area contributed by atoms with E-state index in [1.165, 1.54) is 0 Å². The van der Waals surface area contributed by atoms with E-state index in [1.54, 1.807) is 4.90 Å². The first-order valence-electron chi connectivity index (χ1n) is 5.12. The van der Waals surface area contributed by atoms with Crippen LogP contribution >= 0.6 is 24.2 Å². The van der Waals surface area contributed by atoms with Crippen molar-refractivity contribution in [3.8, 4) is 0 Å². The van der Waals surface area contributed by atoms with Gasteiger partial charge in [0.1, 0.15) is 0 Å². The predicted molar refractivity (Wildman–Crippen MR) is 68.2 cm³/mol. The van der Waals surface area contributed by atoms with Crippen molar-refractivity contribution in [1.29, 1.82) is 0 Å². The van der Waals surface area contributed by atoms with E-state index in [2.05, 4.69) is 17.9 Å². The molecule has 1 fully saturated rings. The Kier molecular flexibility index (Phi) is 3.61. The molecule has 1 saturated heterocycles. The number of nitrogens with zero attached hydrogens (tertiary/aromatic N) is 1. The molecular weight excluding hydrogens is 244 g/mol. The molecule has 2 amide bonds. The molecule has 1 aromatic rings. The highest BCUT2D eigenvalue weighted by Gasteiger charge is 2.28. The van der Waals surface area contributed by atoms with Crippen molar-refractivity contribution in [2.24, 2.45) is 0 Å². The van der Waals surface area contributed by atoms with Crippen molar-refractivity contribution in [3.05, 3.63) is 34.9 Å². The van der Waals surface area contributed by atoms with Gasteiger partial charge in [-0.05, 0) is 17.7 Å². The molecule has 2 rings (SSSR count). The monoisotopic (exact) mass is 256 g/mol. The molecule has 3 nitrogen and oxygen atoms in total. The molecule has 0 spiro atoms. The first-order valence-corrected chi connectivity index (χ1v) is 6.13. The summed E-state index contributed by atoms with van der Waals surface area (Å²) >= 11 is 9.95. The van der Waals surface area contributed by atoms with Crippen molar-refractivity contribution in [3.63, 3.8) is 0 Å². The van der Waals surface area contributed by atoms with Gasteiger partial charge in [0.15, 0.2) is 0 Å². The Hall–Kier alpha value is -0.870. The fraction of sp³-hybridized carbons (Fsp3) is 0.364. The number of halogens is 1. The van der Waals surface area contributed by atoms with Crippen molar-refractivity contribution in [2.75, 3.05) is 18.8 Å². The van der Waals surface area contributed by atoms with E-state index in [1.807, 2.05) is 24.3 Å². The van der Waals surface area contributed by atoms with Crippen LogP contribution in [0.5, 0.6) is 0 Å². The van der Waals surface area contributed by atoms with Gasteiger partial charge in [0.05, 0.1) is 6.04 Å². The maximum atomic E-state index is 11.6. The normalized spacial score (nSPS) is 20.0. The molecule has 0 aliphatic carbocycles. The molecule has 0 radical (unpaired) electrons. The van der Waals surface area contributed by atoms with Gasteiger partial charge in [0.2, 0.25) is 0 Å². The second-order valence-electron chi connectivity index (χ2n) is 3.72. The van der Waals surface area contributed by atoms with E-state index in [0.29, 0.717) is 23.9 Å². The van der Waals surface area contributed by atoms with Gasteiger partial charge in [-0.2, -0.15) is 12.6 Å². The summed E-state index contributed by atoms with van der Waals surface area (Å²) in [7, 11) is 0. The largest absolute Gasteiger partial charge is 0.329 e. The molecule has 86 valence electrons. The Morgan fingerprint density at radius 2 is 2.12 bits per heavy atom. The Balaban J connectivity index is 2.07. The first kappa shape index (κ1) is 11.6. The van der Waals surface area contributed by atoms with Crippen LogP contribution in [-0.4, -0.2) is 29.8 Å². The Labute approximate surface area is 105 Å². The van der Waals surface area contributed by atoms with Gasteiger partial charge in [-0.25, -0.2) is 4.79 Å². The predicted octanol–water partition coefficient (Wildman–Crippen LogP) is 2.34. The highest BCUT2D eigenvalue weighted by atomic mass is 35.5. The second-order valence-corrected chi connectivity index (χ2v) is 4.61. The van der Waals surface area contributed by atoms with Gasteiger partial charge in [-0.1, -0.05) is 23.7 Å². The molecule has 1 unspecified atom stereocenters. The molecule has 16 heavy (non-hydrogen) atoms. The van der Waals surface area contributed by atoms with Gasteiger partial charge < -0.3 is 10.2 Å². The van der Waals surface area contributed by atoms with Gasteiger partial charge in [0, 0.05) is 23.9 Å². The lowest BCUT2D eigenvalue weighted by atomic mass is 10.1. The van der Waals surface area contributed by atoms with Crippen LogP contribution in [0.4, 0.5) is 4.79 Å². The number of nitrogens with one attached hydrogen (secondary N) is 1. The zero-order valence-electron chi connectivity index (χ0n) is 8.69. The topological polar surface area (TPSA) is 32.3 Å².